The Hall–Kier alpha value is -3.61. The Morgan fingerprint density at radius 1 is 1.14 bits per heavy atom. The van der Waals surface area contributed by atoms with Gasteiger partial charge in [0.25, 0.3) is 0 Å². The first-order valence-corrected chi connectivity index (χ1v) is 12.4. The maximum Gasteiger partial charge on any atom is 0.408 e. The van der Waals surface area contributed by atoms with Crippen molar-refractivity contribution in [3.8, 4) is 6.07 Å². The first-order chi connectivity index (χ1) is 17.2. The van der Waals surface area contributed by atoms with Crippen molar-refractivity contribution in [2.75, 3.05) is 19.7 Å². The summed E-state index contributed by atoms with van der Waals surface area (Å²) < 4.78 is 10.2. The van der Waals surface area contributed by atoms with E-state index in [0.717, 1.165) is 16.0 Å². The second-order valence-electron chi connectivity index (χ2n) is 10.0. The summed E-state index contributed by atoms with van der Waals surface area (Å²) in [4.78, 5) is 52.7. The lowest BCUT2D eigenvalue weighted by molar-refractivity contribution is -0.144. The molecule has 0 fully saturated rings. The molecular formula is C27H40N4O6. The van der Waals surface area contributed by atoms with E-state index in [4.69, 9.17) is 9.47 Å². The Morgan fingerprint density at radius 3 is 2.32 bits per heavy atom. The SMILES string of the molecule is CCOC(=O)CCNC(=O)C(c1cccc(C)c1C)N(CC#N)C(=O)C(NC(=O)OC(C)(C)C)C(C)C. The number of nitrogens with zero attached hydrogens (tertiary/aromatic N) is 2. The van der Waals surface area contributed by atoms with E-state index in [1.54, 1.807) is 53.7 Å². The third-order valence-corrected chi connectivity index (χ3v) is 5.56. The van der Waals surface area contributed by atoms with Gasteiger partial charge < -0.3 is 25.0 Å². The molecule has 0 aromatic heterocycles. The van der Waals surface area contributed by atoms with Crippen LogP contribution in [0.1, 0.15) is 70.7 Å². The van der Waals surface area contributed by atoms with E-state index in [2.05, 4.69) is 10.6 Å². The third kappa shape index (κ3) is 9.75. The van der Waals surface area contributed by atoms with Crippen molar-refractivity contribution in [2.24, 2.45) is 5.92 Å². The van der Waals surface area contributed by atoms with E-state index in [0.29, 0.717) is 5.56 Å². The summed E-state index contributed by atoms with van der Waals surface area (Å²) in [5, 5.41) is 14.9. The molecule has 0 radical (unpaired) electrons. The average Bonchev–Trinajstić information content (AvgIpc) is 2.78. The number of rotatable bonds is 11. The summed E-state index contributed by atoms with van der Waals surface area (Å²) in [6.45, 7) is 13.8. The minimum Gasteiger partial charge on any atom is -0.466 e. The Kier molecular flexibility index (Phi) is 12.1. The van der Waals surface area contributed by atoms with Gasteiger partial charge in [0.15, 0.2) is 0 Å². The number of aryl methyl sites for hydroxylation is 1. The number of alkyl carbamates (subject to hydrolysis) is 1. The molecule has 0 aliphatic heterocycles. The Labute approximate surface area is 219 Å². The second-order valence-corrected chi connectivity index (χ2v) is 10.0. The van der Waals surface area contributed by atoms with Gasteiger partial charge >= 0.3 is 12.1 Å². The van der Waals surface area contributed by atoms with Gasteiger partial charge in [-0.1, -0.05) is 32.0 Å². The number of esters is 1. The van der Waals surface area contributed by atoms with Gasteiger partial charge in [-0.05, 0) is 64.2 Å². The molecule has 0 aliphatic carbocycles. The predicted octanol–water partition coefficient (Wildman–Crippen LogP) is 3.32. The van der Waals surface area contributed by atoms with Crippen LogP contribution in [0, 0.1) is 31.1 Å². The lowest BCUT2D eigenvalue weighted by Crippen LogP contribution is -2.55. The molecular weight excluding hydrogens is 476 g/mol. The highest BCUT2D eigenvalue weighted by Gasteiger charge is 2.38. The van der Waals surface area contributed by atoms with Gasteiger partial charge in [-0.3, -0.25) is 14.4 Å². The maximum absolute atomic E-state index is 13.8. The van der Waals surface area contributed by atoms with Gasteiger partial charge in [-0.15, -0.1) is 0 Å². The summed E-state index contributed by atoms with van der Waals surface area (Å²) in [6.07, 6.45) is -0.821. The van der Waals surface area contributed by atoms with Crippen molar-refractivity contribution in [2.45, 2.75) is 79.5 Å². The van der Waals surface area contributed by atoms with Gasteiger partial charge in [0.05, 0.1) is 19.1 Å². The first-order valence-electron chi connectivity index (χ1n) is 12.4. The fraction of sp³-hybridized carbons (Fsp3) is 0.593. The number of carbonyl (C=O) groups excluding carboxylic acids is 4. The predicted molar refractivity (Wildman–Crippen MR) is 138 cm³/mol. The molecule has 0 saturated heterocycles. The maximum atomic E-state index is 13.8. The molecule has 0 heterocycles. The van der Waals surface area contributed by atoms with Gasteiger partial charge in [0.1, 0.15) is 24.2 Å². The molecule has 10 nitrogen and oxygen atoms in total. The summed E-state index contributed by atoms with van der Waals surface area (Å²) in [5.74, 6) is -1.99. The molecule has 204 valence electrons. The van der Waals surface area contributed by atoms with Crippen LogP contribution in [0.2, 0.25) is 0 Å². The number of benzene rings is 1. The van der Waals surface area contributed by atoms with Crippen LogP contribution in [0.25, 0.3) is 0 Å². The summed E-state index contributed by atoms with van der Waals surface area (Å²) in [5.41, 5.74) is 1.45. The highest BCUT2D eigenvalue weighted by atomic mass is 16.6. The molecule has 0 aliphatic rings. The quantitative estimate of drug-likeness (QED) is 0.340. The number of carbonyl (C=O) groups is 4. The van der Waals surface area contributed by atoms with E-state index >= 15 is 0 Å². The van der Waals surface area contributed by atoms with E-state index in [1.807, 2.05) is 26.0 Å². The molecule has 37 heavy (non-hydrogen) atoms. The first kappa shape index (κ1) is 31.4. The number of amides is 3. The fourth-order valence-electron chi connectivity index (χ4n) is 3.64. The number of hydrogen-bond acceptors (Lipinski definition) is 7. The van der Waals surface area contributed by atoms with Crippen LogP contribution in [-0.2, 0) is 23.9 Å². The van der Waals surface area contributed by atoms with Crippen LogP contribution in [0.5, 0.6) is 0 Å². The van der Waals surface area contributed by atoms with Crippen LogP contribution in [0.4, 0.5) is 4.79 Å². The standard InChI is InChI=1S/C27H40N4O6/c1-9-36-21(32)13-15-29-24(33)23(20-12-10-11-18(4)19(20)5)31(16-14-28)25(34)22(17(2)3)30-26(35)37-27(6,7)8/h10-12,17,22-23H,9,13,15-16H2,1-8H3,(H,29,33)(H,30,35). The van der Waals surface area contributed by atoms with Crippen LogP contribution in [0.3, 0.4) is 0 Å². The zero-order chi connectivity index (χ0) is 28.3. The van der Waals surface area contributed by atoms with Crippen molar-refractivity contribution in [1.29, 1.82) is 5.26 Å². The molecule has 0 bridgehead atoms. The van der Waals surface area contributed by atoms with Crippen LogP contribution in [0.15, 0.2) is 18.2 Å². The third-order valence-electron chi connectivity index (χ3n) is 5.56. The summed E-state index contributed by atoms with van der Waals surface area (Å²) >= 11 is 0. The van der Waals surface area contributed by atoms with E-state index in [1.165, 1.54) is 0 Å². The number of hydrogen-bond donors (Lipinski definition) is 2. The topological polar surface area (TPSA) is 138 Å². The van der Waals surface area contributed by atoms with Crippen molar-refractivity contribution >= 4 is 23.9 Å². The number of nitriles is 1. The van der Waals surface area contributed by atoms with Crippen molar-refractivity contribution in [3.05, 3.63) is 34.9 Å². The van der Waals surface area contributed by atoms with Gasteiger partial charge in [-0.2, -0.15) is 5.26 Å². The van der Waals surface area contributed by atoms with E-state index in [-0.39, 0.29) is 25.5 Å². The zero-order valence-electron chi connectivity index (χ0n) is 23.1. The Bertz CT molecular complexity index is 1010. The Morgan fingerprint density at radius 2 is 1.78 bits per heavy atom. The molecule has 1 rings (SSSR count). The van der Waals surface area contributed by atoms with E-state index in [9.17, 15) is 24.4 Å². The molecule has 0 saturated carbocycles. The lowest BCUT2D eigenvalue weighted by atomic mass is 9.94. The van der Waals surface area contributed by atoms with Crippen LogP contribution < -0.4 is 10.6 Å². The monoisotopic (exact) mass is 516 g/mol. The number of nitrogens with one attached hydrogen (secondary N) is 2. The highest BCUT2D eigenvalue weighted by molar-refractivity contribution is 5.92. The van der Waals surface area contributed by atoms with Gasteiger partial charge in [0.2, 0.25) is 11.8 Å². The lowest BCUT2D eigenvalue weighted by Gasteiger charge is -2.34. The summed E-state index contributed by atoms with van der Waals surface area (Å²) in [7, 11) is 0. The smallest absolute Gasteiger partial charge is 0.408 e. The van der Waals surface area contributed by atoms with Crippen molar-refractivity contribution < 1.29 is 28.7 Å². The molecule has 3 amide bonds. The molecule has 1 aromatic carbocycles. The normalized spacial score (nSPS) is 12.6. The van der Waals surface area contributed by atoms with Crippen LogP contribution >= 0.6 is 0 Å². The van der Waals surface area contributed by atoms with E-state index < -0.39 is 48.1 Å². The highest BCUT2D eigenvalue weighted by Crippen LogP contribution is 2.28. The van der Waals surface area contributed by atoms with Gasteiger partial charge in [-0.25, -0.2) is 4.79 Å². The second kappa shape index (κ2) is 14.2. The van der Waals surface area contributed by atoms with Crippen molar-refractivity contribution in [3.63, 3.8) is 0 Å². The molecule has 2 atom stereocenters. The van der Waals surface area contributed by atoms with Crippen LogP contribution in [-0.4, -0.2) is 60.1 Å². The largest absolute Gasteiger partial charge is 0.466 e. The molecule has 1 aromatic rings. The molecule has 0 spiro atoms. The average molecular weight is 517 g/mol. The molecule has 10 heteroatoms. The summed E-state index contributed by atoms with van der Waals surface area (Å²) in [6, 6.07) is 5.12. The molecule has 2 unspecified atom stereocenters. The van der Waals surface area contributed by atoms with Gasteiger partial charge in [0, 0.05) is 6.54 Å². The minimum absolute atomic E-state index is 0.00260. The molecule has 2 N–H and O–H groups in total. The minimum atomic E-state index is -1.17. The van der Waals surface area contributed by atoms with Crippen molar-refractivity contribution in [1.82, 2.24) is 15.5 Å². The fourth-order valence-corrected chi connectivity index (χ4v) is 3.64. The number of ether oxygens (including phenoxy) is 2. The zero-order valence-corrected chi connectivity index (χ0v) is 23.1. The Balaban J connectivity index is 3.42.